The van der Waals surface area contributed by atoms with Crippen molar-refractivity contribution in [1.29, 1.82) is 0 Å². The highest BCUT2D eigenvalue weighted by Gasteiger charge is 2.50. The van der Waals surface area contributed by atoms with Gasteiger partial charge in [0.05, 0.1) is 5.69 Å². The van der Waals surface area contributed by atoms with Crippen molar-refractivity contribution >= 4 is 29.1 Å². The lowest BCUT2D eigenvalue weighted by Crippen LogP contribution is -2.60. The second kappa shape index (κ2) is 10.1. The lowest BCUT2D eigenvalue weighted by Gasteiger charge is -2.40. The Kier molecular flexibility index (Phi) is 7.67. The van der Waals surface area contributed by atoms with Crippen LogP contribution in [0.2, 0.25) is 0 Å². The number of rotatable bonds is 7. The molecule has 1 N–H and O–H groups in total. The summed E-state index contributed by atoms with van der Waals surface area (Å²) < 4.78 is 97.8. The number of amides is 2. The third-order valence-corrected chi connectivity index (χ3v) is 5.74. The van der Waals surface area contributed by atoms with Crippen LogP contribution in [0.4, 0.5) is 36.4 Å². The number of nitrogens with zero attached hydrogens (tertiary/aromatic N) is 3. The van der Waals surface area contributed by atoms with E-state index in [0.717, 1.165) is 25.6 Å². The molecule has 0 aliphatic heterocycles. The van der Waals surface area contributed by atoms with Gasteiger partial charge < -0.3 is 10.1 Å². The highest BCUT2D eigenvalue weighted by Crippen LogP contribution is 2.39. The molecule has 0 spiro atoms. The van der Waals surface area contributed by atoms with E-state index in [-0.39, 0.29) is 23.0 Å². The first-order valence-electron chi connectivity index (χ1n) is 10.3. The summed E-state index contributed by atoms with van der Waals surface area (Å²) in [5.74, 6) is -8.37. The van der Waals surface area contributed by atoms with Gasteiger partial charge in [-0.25, -0.2) is 27.5 Å². The van der Waals surface area contributed by atoms with E-state index in [1.165, 1.54) is 0 Å². The normalized spacial score (nSPS) is 19.8. The van der Waals surface area contributed by atoms with Crippen LogP contribution < -0.4 is 15.0 Å². The van der Waals surface area contributed by atoms with Gasteiger partial charge in [0.25, 0.3) is 17.4 Å². The van der Waals surface area contributed by atoms with Crippen molar-refractivity contribution in [2.45, 2.75) is 55.7 Å². The number of carbonyl (C=O) groups excluding carboxylic acids is 2. The molecule has 0 saturated heterocycles. The smallest absolute Gasteiger partial charge is 0.406 e. The third-order valence-electron chi connectivity index (χ3n) is 5.55. The van der Waals surface area contributed by atoms with Gasteiger partial charge in [0.2, 0.25) is 5.92 Å². The average molecular weight is 543 g/mol. The van der Waals surface area contributed by atoms with E-state index in [1.54, 1.807) is 0 Å². The fraction of sp³-hybridized carbons (Fsp3) is 0.429. The SMILES string of the molecule is C[C@](C(=O)N[C@@H]1CCC(F)(F)C1)(c1cncnc1)N(C(=O)[C@H](F)Cl)c1ccc(OC(F)(F)F)cc1F. The van der Waals surface area contributed by atoms with Crippen molar-refractivity contribution in [1.82, 2.24) is 15.3 Å². The van der Waals surface area contributed by atoms with Gasteiger partial charge in [0.15, 0.2) is 11.4 Å². The summed E-state index contributed by atoms with van der Waals surface area (Å²) in [7, 11) is 0. The standard InChI is InChI=1S/C21H18ClF7N4O3/c1-19(11-8-30-10-31-9-11,18(35)32-12-4-5-20(25,26)7-12)33(17(34)16(22)24)15-3-2-13(6-14(15)23)36-21(27,28)29/h2-3,6,8-10,12,16H,4-5,7H2,1H3,(H,32,35)/t12-,16+,19-/m1/s1. The zero-order valence-corrected chi connectivity index (χ0v) is 19.1. The van der Waals surface area contributed by atoms with Crippen LogP contribution in [0.5, 0.6) is 5.75 Å². The highest BCUT2D eigenvalue weighted by molar-refractivity contribution is 6.32. The number of halogens is 8. The molecule has 36 heavy (non-hydrogen) atoms. The van der Waals surface area contributed by atoms with E-state index in [2.05, 4.69) is 20.0 Å². The molecule has 1 fully saturated rings. The summed E-state index contributed by atoms with van der Waals surface area (Å²) in [4.78, 5) is 34.1. The molecule has 0 unspecified atom stereocenters. The maximum absolute atomic E-state index is 15.0. The molecule has 0 bridgehead atoms. The predicted octanol–water partition coefficient (Wildman–Crippen LogP) is 4.60. The summed E-state index contributed by atoms with van der Waals surface area (Å²) in [6.07, 6.45) is -3.39. The molecule has 1 saturated carbocycles. The summed E-state index contributed by atoms with van der Waals surface area (Å²) >= 11 is 5.33. The number of ether oxygens (including phenoxy) is 1. The first kappa shape index (κ1) is 27.4. The Morgan fingerprint density at radius 2 is 1.89 bits per heavy atom. The molecule has 3 atom stereocenters. The number of hydrogen-bond acceptors (Lipinski definition) is 5. The molecule has 15 heteroatoms. The van der Waals surface area contributed by atoms with Crippen molar-refractivity contribution in [3.63, 3.8) is 0 Å². The van der Waals surface area contributed by atoms with Gasteiger partial charge in [-0.1, -0.05) is 11.6 Å². The van der Waals surface area contributed by atoms with Crippen LogP contribution in [0.1, 0.15) is 31.7 Å². The number of carbonyl (C=O) groups is 2. The Morgan fingerprint density at radius 3 is 2.39 bits per heavy atom. The number of anilines is 1. The van der Waals surface area contributed by atoms with Crippen molar-refractivity contribution in [2.75, 3.05) is 4.90 Å². The molecule has 2 amide bonds. The van der Waals surface area contributed by atoms with E-state index < -0.39 is 71.4 Å². The minimum absolute atomic E-state index is 0.118. The molecule has 1 aliphatic rings. The van der Waals surface area contributed by atoms with Crippen LogP contribution >= 0.6 is 11.6 Å². The Bertz CT molecular complexity index is 1120. The van der Waals surface area contributed by atoms with Gasteiger partial charge in [-0.3, -0.25) is 14.5 Å². The maximum Gasteiger partial charge on any atom is 0.573 e. The van der Waals surface area contributed by atoms with Crippen LogP contribution in [0.25, 0.3) is 0 Å². The summed E-state index contributed by atoms with van der Waals surface area (Å²) in [6.45, 7) is 1.03. The number of benzene rings is 1. The second-order valence-corrected chi connectivity index (χ2v) is 8.49. The Balaban J connectivity index is 2.13. The zero-order chi connectivity index (χ0) is 26.9. The average Bonchev–Trinajstić information content (AvgIpc) is 3.12. The number of hydrogen-bond donors (Lipinski definition) is 1. The van der Waals surface area contributed by atoms with Gasteiger partial charge in [-0.05, 0) is 25.5 Å². The molecule has 1 aromatic carbocycles. The predicted molar refractivity (Wildman–Crippen MR) is 111 cm³/mol. The van der Waals surface area contributed by atoms with Crippen molar-refractivity contribution in [3.8, 4) is 5.75 Å². The fourth-order valence-corrected chi connectivity index (χ4v) is 3.95. The molecule has 2 aromatic rings. The fourth-order valence-electron chi connectivity index (χ4n) is 3.86. The second-order valence-electron chi connectivity index (χ2n) is 8.10. The van der Waals surface area contributed by atoms with Crippen LogP contribution in [-0.4, -0.2) is 45.7 Å². The Morgan fingerprint density at radius 1 is 1.25 bits per heavy atom. The molecule has 0 radical (unpaired) electrons. The quantitative estimate of drug-likeness (QED) is 0.408. The van der Waals surface area contributed by atoms with Crippen LogP contribution in [-0.2, 0) is 15.1 Å². The van der Waals surface area contributed by atoms with E-state index in [9.17, 15) is 35.9 Å². The van der Waals surface area contributed by atoms with Gasteiger partial charge in [0, 0.05) is 42.9 Å². The minimum atomic E-state index is -5.16. The number of alkyl halides is 7. The van der Waals surface area contributed by atoms with Crippen LogP contribution in [0.3, 0.4) is 0 Å². The molecule has 196 valence electrons. The summed E-state index contributed by atoms with van der Waals surface area (Å²) in [5.41, 5.74) is -6.27. The van der Waals surface area contributed by atoms with Crippen molar-refractivity contribution in [2.24, 2.45) is 0 Å². The lowest BCUT2D eigenvalue weighted by molar-refractivity contribution is -0.274. The molecule has 3 rings (SSSR count). The molecule has 7 nitrogen and oxygen atoms in total. The largest absolute Gasteiger partial charge is 0.573 e. The molecular weight excluding hydrogens is 525 g/mol. The number of nitrogens with one attached hydrogen (secondary N) is 1. The van der Waals surface area contributed by atoms with Crippen molar-refractivity contribution in [3.05, 3.63) is 48.3 Å². The first-order chi connectivity index (χ1) is 16.6. The third kappa shape index (κ3) is 5.97. The summed E-state index contributed by atoms with van der Waals surface area (Å²) in [6, 6.07) is 0.498. The first-order valence-corrected chi connectivity index (χ1v) is 10.7. The topological polar surface area (TPSA) is 84.4 Å². The maximum atomic E-state index is 15.0. The highest BCUT2D eigenvalue weighted by atomic mass is 35.5. The van der Waals surface area contributed by atoms with Gasteiger partial charge in [-0.15, -0.1) is 13.2 Å². The zero-order valence-electron chi connectivity index (χ0n) is 18.3. The van der Waals surface area contributed by atoms with E-state index in [1.807, 2.05) is 0 Å². The van der Waals surface area contributed by atoms with Gasteiger partial charge in [-0.2, -0.15) is 0 Å². The molecule has 1 aliphatic carbocycles. The monoisotopic (exact) mass is 542 g/mol. The van der Waals surface area contributed by atoms with E-state index in [4.69, 9.17) is 11.6 Å². The van der Waals surface area contributed by atoms with E-state index in [0.29, 0.717) is 12.1 Å². The van der Waals surface area contributed by atoms with Gasteiger partial charge >= 0.3 is 6.36 Å². The molecular formula is C21H18ClF7N4O3. The molecule has 1 aromatic heterocycles. The minimum Gasteiger partial charge on any atom is -0.406 e. The molecule has 1 heterocycles. The van der Waals surface area contributed by atoms with Crippen LogP contribution in [0, 0.1) is 5.82 Å². The number of aromatic nitrogens is 2. The van der Waals surface area contributed by atoms with Crippen molar-refractivity contribution < 1.29 is 45.1 Å². The Labute approximate surface area is 204 Å². The van der Waals surface area contributed by atoms with Crippen LogP contribution in [0.15, 0.2) is 36.9 Å². The van der Waals surface area contributed by atoms with Gasteiger partial charge in [0.1, 0.15) is 12.1 Å². The van der Waals surface area contributed by atoms with E-state index >= 15 is 4.39 Å². The summed E-state index contributed by atoms with van der Waals surface area (Å²) in [5, 5.41) is 2.35. The lowest BCUT2D eigenvalue weighted by atomic mass is 9.89. The Hall–Kier alpha value is -3.16.